The summed E-state index contributed by atoms with van der Waals surface area (Å²) in [4.78, 5) is 11.2. The number of fused-ring (bicyclic) bond motifs is 1. The normalized spacial score (nSPS) is 16.0. The van der Waals surface area contributed by atoms with Crippen LogP contribution < -0.4 is 10.2 Å². The number of furan rings is 1. The van der Waals surface area contributed by atoms with Gasteiger partial charge < -0.3 is 14.6 Å². The molecule has 1 aliphatic heterocycles. The number of anilines is 1. The highest BCUT2D eigenvalue weighted by Gasteiger charge is 2.15. The first-order valence-electron chi connectivity index (χ1n) is 8.57. The van der Waals surface area contributed by atoms with Gasteiger partial charge in [0.2, 0.25) is 5.95 Å². The van der Waals surface area contributed by atoms with Crippen LogP contribution in [-0.4, -0.2) is 23.1 Å². The molecule has 24 heavy (non-hydrogen) atoms. The molecule has 0 spiro atoms. The zero-order chi connectivity index (χ0) is 16.4. The van der Waals surface area contributed by atoms with Gasteiger partial charge in [0.15, 0.2) is 0 Å². The van der Waals surface area contributed by atoms with Gasteiger partial charge in [0.25, 0.3) is 0 Å². The van der Waals surface area contributed by atoms with Crippen LogP contribution in [0.15, 0.2) is 47.1 Å². The molecule has 0 saturated carbocycles. The van der Waals surface area contributed by atoms with Gasteiger partial charge in [-0.3, -0.25) is 0 Å². The molecule has 4 rings (SSSR count). The van der Waals surface area contributed by atoms with E-state index in [0.717, 1.165) is 47.9 Å². The van der Waals surface area contributed by atoms with Crippen LogP contribution in [-0.2, 0) is 6.54 Å². The number of hydrogen-bond acceptors (Lipinski definition) is 5. The average Bonchev–Trinajstić information content (AvgIpc) is 3.29. The predicted molar refractivity (Wildman–Crippen MR) is 94.9 cm³/mol. The van der Waals surface area contributed by atoms with Crippen molar-refractivity contribution in [1.29, 1.82) is 0 Å². The second-order valence-corrected chi connectivity index (χ2v) is 6.37. The Hall–Kier alpha value is -2.40. The van der Waals surface area contributed by atoms with Crippen molar-refractivity contribution in [2.75, 3.05) is 18.0 Å². The highest BCUT2D eigenvalue weighted by Crippen LogP contribution is 2.23. The van der Waals surface area contributed by atoms with E-state index in [1.807, 2.05) is 30.6 Å². The molecule has 0 bridgehead atoms. The van der Waals surface area contributed by atoms with Crippen LogP contribution in [0, 0.1) is 0 Å². The molecular formula is C19H22N4O. The van der Waals surface area contributed by atoms with Crippen LogP contribution in [0.3, 0.4) is 0 Å². The highest BCUT2D eigenvalue weighted by molar-refractivity contribution is 5.77. The molecule has 1 aliphatic rings. The Kier molecular flexibility index (Phi) is 4.17. The first-order chi connectivity index (χ1) is 11.8. The maximum atomic E-state index is 5.90. The fourth-order valence-corrected chi connectivity index (χ4v) is 3.11. The van der Waals surface area contributed by atoms with Crippen LogP contribution in [0.4, 0.5) is 5.95 Å². The molecule has 1 saturated heterocycles. The minimum Gasteiger partial charge on any atom is -0.459 e. The van der Waals surface area contributed by atoms with Crippen LogP contribution in [0.2, 0.25) is 0 Å². The van der Waals surface area contributed by atoms with Gasteiger partial charge in [-0.2, -0.15) is 0 Å². The average molecular weight is 322 g/mol. The molecule has 5 heteroatoms. The van der Waals surface area contributed by atoms with Crippen molar-refractivity contribution in [1.82, 2.24) is 15.3 Å². The summed E-state index contributed by atoms with van der Waals surface area (Å²) in [6.07, 6.45) is 6.31. The number of nitrogens with zero attached hydrogens (tertiary/aromatic N) is 3. The van der Waals surface area contributed by atoms with Crippen molar-refractivity contribution in [3.63, 3.8) is 0 Å². The third-order valence-electron chi connectivity index (χ3n) is 4.56. The largest absolute Gasteiger partial charge is 0.459 e. The van der Waals surface area contributed by atoms with Gasteiger partial charge in [0, 0.05) is 43.0 Å². The zero-order valence-corrected chi connectivity index (χ0v) is 13.9. The lowest BCUT2D eigenvalue weighted by Crippen LogP contribution is -2.21. The molecular weight excluding hydrogens is 300 g/mol. The smallest absolute Gasteiger partial charge is 0.225 e. The van der Waals surface area contributed by atoms with E-state index in [2.05, 4.69) is 39.2 Å². The van der Waals surface area contributed by atoms with Gasteiger partial charge >= 0.3 is 0 Å². The number of nitrogens with one attached hydrogen (secondary N) is 1. The molecule has 0 radical (unpaired) electrons. The van der Waals surface area contributed by atoms with Crippen molar-refractivity contribution < 1.29 is 4.42 Å². The lowest BCUT2D eigenvalue weighted by molar-refractivity contribution is 0.450. The maximum Gasteiger partial charge on any atom is 0.225 e. The van der Waals surface area contributed by atoms with Gasteiger partial charge in [-0.1, -0.05) is 18.2 Å². The van der Waals surface area contributed by atoms with E-state index < -0.39 is 0 Å². The molecule has 124 valence electrons. The fourth-order valence-electron chi connectivity index (χ4n) is 3.11. The van der Waals surface area contributed by atoms with Gasteiger partial charge in [-0.25, -0.2) is 9.97 Å². The first kappa shape index (κ1) is 15.1. The predicted octanol–water partition coefficient (Wildman–Crippen LogP) is 3.67. The Morgan fingerprint density at radius 2 is 1.92 bits per heavy atom. The van der Waals surface area contributed by atoms with E-state index in [-0.39, 0.29) is 6.04 Å². The van der Waals surface area contributed by atoms with Crippen LogP contribution in [0.1, 0.15) is 37.1 Å². The van der Waals surface area contributed by atoms with Crippen molar-refractivity contribution in [3.8, 4) is 0 Å². The molecule has 1 atom stereocenters. The second-order valence-electron chi connectivity index (χ2n) is 6.37. The fraction of sp³-hybridized carbons (Fsp3) is 0.368. The number of rotatable bonds is 5. The Morgan fingerprint density at radius 3 is 2.67 bits per heavy atom. The van der Waals surface area contributed by atoms with Crippen molar-refractivity contribution in [2.24, 2.45) is 0 Å². The van der Waals surface area contributed by atoms with Gasteiger partial charge in [0.05, 0.1) is 6.04 Å². The second kappa shape index (κ2) is 6.61. The summed E-state index contributed by atoms with van der Waals surface area (Å²) in [6.45, 7) is 4.97. The van der Waals surface area contributed by atoms with Crippen LogP contribution >= 0.6 is 0 Å². The van der Waals surface area contributed by atoms with E-state index in [4.69, 9.17) is 4.42 Å². The van der Waals surface area contributed by atoms with E-state index in [1.165, 1.54) is 12.8 Å². The monoisotopic (exact) mass is 322 g/mol. The molecule has 1 N–H and O–H groups in total. The van der Waals surface area contributed by atoms with E-state index >= 15 is 0 Å². The summed E-state index contributed by atoms with van der Waals surface area (Å²) < 4.78 is 5.90. The topological polar surface area (TPSA) is 54.2 Å². The van der Waals surface area contributed by atoms with Crippen molar-refractivity contribution >= 4 is 16.9 Å². The summed E-state index contributed by atoms with van der Waals surface area (Å²) in [7, 11) is 0. The Morgan fingerprint density at radius 1 is 1.17 bits per heavy atom. The molecule has 3 aromatic rings. The minimum absolute atomic E-state index is 0.135. The summed E-state index contributed by atoms with van der Waals surface area (Å²) in [5, 5.41) is 4.62. The molecule has 2 aromatic heterocycles. The molecule has 3 heterocycles. The number of aromatic nitrogens is 2. The van der Waals surface area contributed by atoms with Gasteiger partial charge in [-0.05, 0) is 31.9 Å². The number of para-hydroxylation sites is 1. The SMILES string of the molecule is C[C@H](NCc1cnc(N2CCCC2)nc1)c1cc2ccccc2o1. The van der Waals surface area contributed by atoms with E-state index in [9.17, 15) is 0 Å². The third-order valence-corrected chi connectivity index (χ3v) is 4.56. The minimum atomic E-state index is 0.135. The molecule has 0 unspecified atom stereocenters. The lowest BCUT2D eigenvalue weighted by atomic mass is 10.2. The highest BCUT2D eigenvalue weighted by atomic mass is 16.3. The Balaban J connectivity index is 1.38. The van der Waals surface area contributed by atoms with Crippen molar-refractivity contribution in [3.05, 3.63) is 54.0 Å². The maximum absolute atomic E-state index is 5.90. The standard InChI is InChI=1S/C19H22N4O/c1-14(18-10-16-6-2-3-7-17(16)24-18)20-11-15-12-21-19(22-13-15)23-8-4-5-9-23/h2-3,6-7,10,12-14,20H,4-5,8-9,11H2,1H3/t14-/m0/s1. The lowest BCUT2D eigenvalue weighted by Gasteiger charge is -2.15. The van der Waals surface area contributed by atoms with E-state index in [0.29, 0.717) is 0 Å². The summed E-state index contributed by atoms with van der Waals surface area (Å²) in [5.41, 5.74) is 2.01. The molecule has 5 nitrogen and oxygen atoms in total. The van der Waals surface area contributed by atoms with Gasteiger partial charge in [-0.15, -0.1) is 0 Å². The number of benzene rings is 1. The van der Waals surface area contributed by atoms with Crippen LogP contribution in [0.5, 0.6) is 0 Å². The Labute approximate surface area is 141 Å². The molecule has 1 aromatic carbocycles. The molecule has 0 aliphatic carbocycles. The molecule has 1 fully saturated rings. The number of hydrogen-bond donors (Lipinski definition) is 1. The van der Waals surface area contributed by atoms with Crippen LogP contribution in [0.25, 0.3) is 11.0 Å². The summed E-state index contributed by atoms with van der Waals surface area (Å²) in [6, 6.07) is 10.3. The summed E-state index contributed by atoms with van der Waals surface area (Å²) in [5.74, 6) is 1.80. The molecule has 0 amide bonds. The summed E-state index contributed by atoms with van der Waals surface area (Å²) >= 11 is 0. The third kappa shape index (κ3) is 3.12. The Bertz CT molecular complexity index is 773. The first-order valence-corrected chi connectivity index (χ1v) is 8.57. The van der Waals surface area contributed by atoms with Crippen molar-refractivity contribution in [2.45, 2.75) is 32.4 Å². The van der Waals surface area contributed by atoms with Gasteiger partial charge in [0.1, 0.15) is 11.3 Å². The quantitative estimate of drug-likeness (QED) is 0.776. The van der Waals surface area contributed by atoms with E-state index in [1.54, 1.807) is 0 Å². The zero-order valence-electron chi connectivity index (χ0n) is 13.9.